The molecule has 0 aliphatic heterocycles. The van der Waals surface area contributed by atoms with E-state index in [-0.39, 0.29) is 6.42 Å². The predicted molar refractivity (Wildman–Crippen MR) is 60.0 cm³/mol. The average Bonchev–Trinajstić information content (AvgIpc) is 1.94. The zero-order chi connectivity index (χ0) is 13.3. The number of carboxylic acid groups (broad SMARTS) is 1. The quantitative estimate of drug-likeness (QED) is 0.590. The van der Waals surface area contributed by atoms with Crippen LogP contribution < -0.4 is 11.1 Å². The summed E-state index contributed by atoms with van der Waals surface area (Å²) in [6.07, 6.45) is 1.41. The van der Waals surface area contributed by atoms with E-state index in [4.69, 9.17) is 10.8 Å². The summed E-state index contributed by atoms with van der Waals surface area (Å²) in [5.41, 5.74) is 2.93. The van der Waals surface area contributed by atoms with Gasteiger partial charge in [0.25, 0.3) is 0 Å². The molecule has 96 valence electrons. The van der Waals surface area contributed by atoms with Crippen molar-refractivity contribution in [2.24, 2.45) is 11.1 Å². The number of rotatable bonds is 5. The minimum absolute atomic E-state index is 0.0194. The van der Waals surface area contributed by atoms with Crippen molar-refractivity contribution in [2.45, 2.75) is 45.1 Å². The van der Waals surface area contributed by atoms with Crippen molar-refractivity contribution in [3.63, 3.8) is 0 Å². The van der Waals surface area contributed by atoms with Crippen LogP contribution in [0.15, 0.2) is 0 Å². The van der Waals surface area contributed by atoms with Crippen molar-refractivity contribution in [3.05, 3.63) is 0 Å². The molecule has 0 radical (unpaired) electrons. The molecular weight excluding hydrogens is 224 g/mol. The van der Waals surface area contributed by atoms with Crippen molar-refractivity contribution in [2.75, 3.05) is 0 Å². The van der Waals surface area contributed by atoms with E-state index >= 15 is 0 Å². The maximum atomic E-state index is 11.9. The van der Waals surface area contributed by atoms with Gasteiger partial charge in [-0.3, -0.25) is 14.4 Å². The van der Waals surface area contributed by atoms with Gasteiger partial charge in [-0.2, -0.15) is 0 Å². The SMILES string of the molecule is CC(C)(CC(N)=O)NC(=O)C1(C(=O)O)CCC1. The molecule has 1 aliphatic carbocycles. The minimum atomic E-state index is -1.31. The second kappa shape index (κ2) is 4.35. The lowest BCUT2D eigenvalue weighted by Gasteiger charge is -2.38. The van der Waals surface area contributed by atoms with Crippen LogP contribution in [-0.4, -0.2) is 28.4 Å². The molecule has 4 N–H and O–H groups in total. The average molecular weight is 242 g/mol. The zero-order valence-corrected chi connectivity index (χ0v) is 10.1. The Morgan fingerprint density at radius 3 is 2.18 bits per heavy atom. The van der Waals surface area contributed by atoms with E-state index in [1.165, 1.54) is 0 Å². The normalized spacial score (nSPS) is 18.0. The molecule has 1 rings (SSSR count). The molecule has 2 amide bonds. The molecule has 1 aliphatic rings. The van der Waals surface area contributed by atoms with Gasteiger partial charge in [-0.05, 0) is 26.7 Å². The summed E-state index contributed by atoms with van der Waals surface area (Å²) >= 11 is 0. The molecule has 1 saturated carbocycles. The van der Waals surface area contributed by atoms with Gasteiger partial charge < -0.3 is 16.2 Å². The maximum Gasteiger partial charge on any atom is 0.319 e. The van der Waals surface area contributed by atoms with Gasteiger partial charge >= 0.3 is 5.97 Å². The van der Waals surface area contributed by atoms with E-state index in [1.54, 1.807) is 13.8 Å². The highest BCUT2D eigenvalue weighted by Gasteiger charge is 2.52. The Balaban J connectivity index is 2.71. The van der Waals surface area contributed by atoms with Crippen LogP contribution in [0.3, 0.4) is 0 Å². The highest BCUT2D eigenvalue weighted by atomic mass is 16.4. The molecule has 0 spiro atoms. The Labute approximate surface area is 99.6 Å². The van der Waals surface area contributed by atoms with Crippen molar-refractivity contribution in [1.29, 1.82) is 0 Å². The van der Waals surface area contributed by atoms with E-state index in [1.807, 2.05) is 0 Å². The molecule has 6 nitrogen and oxygen atoms in total. The molecule has 0 aromatic carbocycles. The smallest absolute Gasteiger partial charge is 0.319 e. The molecule has 0 atom stereocenters. The van der Waals surface area contributed by atoms with Crippen LogP contribution in [0.25, 0.3) is 0 Å². The van der Waals surface area contributed by atoms with E-state index in [0.29, 0.717) is 12.8 Å². The first-order valence-corrected chi connectivity index (χ1v) is 5.54. The molecular formula is C11H18N2O4. The number of hydrogen-bond donors (Lipinski definition) is 3. The van der Waals surface area contributed by atoms with Crippen LogP contribution >= 0.6 is 0 Å². The highest BCUT2D eigenvalue weighted by Crippen LogP contribution is 2.41. The van der Waals surface area contributed by atoms with Crippen molar-refractivity contribution in [3.8, 4) is 0 Å². The Bertz CT molecular complexity index is 358. The Morgan fingerprint density at radius 1 is 1.35 bits per heavy atom. The number of primary amides is 1. The van der Waals surface area contributed by atoms with Crippen LogP contribution in [-0.2, 0) is 14.4 Å². The first kappa shape index (κ1) is 13.5. The molecule has 0 bridgehead atoms. The Kier molecular flexibility index (Phi) is 3.45. The number of nitrogens with one attached hydrogen (secondary N) is 1. The van der Waals surface area contributed by atoms with Gasteiger partial charge in [-0.25, -0.2) is 0 Å². The maximum absolute atomic E-state index is 11.9. The first-order valence-electron chi connectivity index (χ1n) is 5.54. The second-order valence-corrected chi connectivity index (χ2v) is 5.22. The third-order valence-corrected chi connectivity index (χ3v) is 3.12. The monoisotopic (exact) mass is 242 g/mol. The van der Waals surface area contributed by atoms with Gasteiger partial charge in [-0.1, -0.05) is 6.42 Å². The number of carbonyl (C=O) groups is 3. The molecule has 0 aromatic heterocycles. The van der Waals surface area contributed by atoms with E-state index in [9.17, 15) is 14.4 Å². The number of hydrogen-bond acceptors (Lipinski definition) is 3. The topological polar surface area (TPSA) is 109 Å². The van der Waals surface area contributed by atoms with Crippen molar-refractivity contribution in [1.82, 2.24) is 5.32 Å². The fourth-order valence-electron chi connectivity index (χ4n) is 1.98. The number of carboxylic acids is 1. The Morgan fingerprint density at radius 2 is 1.88 bits per heavy atom. The number of aliphatic carboxylic acids is 1. The first-order chi connectivity index (χ1) is 7.69. The summed E-state index contributed by atoms with van der Waals surface area (Å²) in [4.78, 5) is 33.9. The lowest BCUT2D eigenvalue weighted by molar-refractivity contribution is -0.162. The van der Waals surface area contributed by atoms with Gasteiger partial charge in [0, 0.05) is 12.0 Å². The fourth-order valence-corrected chi connectivity index (χ4v) is 1.98. The molecule has 6 heteroatoms. The third kappa shape index (κ3) is 2.75. The lowest BCUT2D eigenvalue weighted by Crippen LogP contribution is -2.57. The summed E-state index contributed by atoms with van der Waals surface area (Å²) < 4.78 is 0. The highest BCUT2D eigenvalue weighted by molar-refractivity contribution is 6.03. The molecule has 17 heavy (non-hydrogen) atoms. The summed E-state index contributed by atoms with van der Waals surface area (Å²) in [5.74, 6) is -2.16. The van der Waals surface area contributed by atoms with E-state index < -0.39 is 28.7 Å². The standard InChI is InChI=1S/C11H18N2O4/c1-10(2,6-7(12)14)13-8(15)11(9(16)17)4-3-5-11/h3-6H2,1-2H3,(H2,12,14)(H,13,15)(H,16,17). The number of nitrogens with two attached hydrogens (primary N) is 1. The zero-order valence-electron chi connectivity index (χ0n) is 10.1. The summed E-state index contributed by atoms with van der Waals surface area (Å²) in [6, 6.07) is 0. The van der Waals surface area contributed by atoms with Gasteiger partial charge in [0.2, 0.25) is 11.8 Å². The van der Waals surface area contributed by atoms with Crippen LogP contribution in [0.5, 0.6) is 0 Å². The molecule has 0 unspecified atom stereocenters. The van der Waals surface area contributed by atoms with Gasteiger partial charge in [-0.15, -0.1) is 0 Å². The van der Waals surface area contributed by atoms with Crippen LogP contribution in [0.2, 0.25) is 0 Å². The van der Waals surface area contributed by atoms with Gasteiger partial charge in [0.1, 0.15) is 5.41 Å². The van der Waals surface area contributed by atoms with Crippen molar-refractivity contribution >= 4 is 17.8 Å². The summed E-state index contributed by atoms with van der Waals surface area (Å²) in [6.45, 7) is 3.29. The molecule has 0 heterocycles. The van der Waals surface area contributed by atoms with Crippen molar-refractivity contribution < 1.29 is 19.5 Å². The van der Waals surface area contributed by atoms with Crippen LogP contribution in [0.1, 0.15) is 39.5 Å². The number of carbonyl (C=O) groups excluding carboxylic acids is 2. The van der Waals surface area contributed by atoms with Crippen LogP contribution in [0.4, 0.5) is 0 Å². The fraction of sp³-hybridized carbons (Fsp3) is 0.727. The van der Waals surface area contributed by atoms with E-state index in [0.717, 1.165) is 6.42 Å². The van der Waals surface area contributed by atoms with Gasteiger partial charge in [0.15, 0.2) is 0 Å². The largest absolute Gasteiger partial charge is 0.480 e. The molecule has 0 aromatic rings. The lowest BCUT2D eigenvalue weighted by atomic mass is 9.67. The summed E-state index contributed by atoms with van der Waals surface area (Å²) in [5, 5.41) is 11.7. The second-order valence-electron chi connectivity index (χ2n) is 5.22. The van der Waals surface area contributed by atoms with Gasteiger partial charge in [0.05, 0.1) is 0 Å². The minimum Gasteiger partial charge on any atom is -0.480 e. The third-order valence-electron chi connectivity index (χ3n) is 3.12. The number of amides is 2. The molecule has 1 fully saturated rings. The molecule has 0 saturated heterocycles. The predicted octanol–water partition coefficient (Wildman–Crippen LogP) is 0.0115. The van der Waals surface area contributed by atoms with E-state index in [2.05, 4.69) is 5.32 Å². The van der Waals surface area contributed by atoms with Crippen LogP contribution in [0, 0.1) is 5.41 Å². The summed E-state index contributed by atoms with van der Waals surface area (Å²) in [7, 11) is 0. The Hall–Kier alpha value is -1.59.